The van der Waals surface area contributed by atoms with E-state index in [2.05, 4.69) is 0 Å². The number of carboxylic acid groups (broad SMARTS) is 1. The van der Waals surface area contributed by atoms with Gasteiger partial charge in [0.2, 0.25) is 0 Å². The minimum absolute atomic E-state index is 0.109. The van der Waals surface area contributed by atoms with Crippen molar-refractivity contribution in [2.45, 2.75) is 38.2 Å². The van der Waals surface area contributed by atoms with Gasteiger partial charge < -0.3 is 10.2 Å². The van der Waals surface area contributed by atoms with E-state index in [-0.39, 0.29) is 12.2 Å². The first kappa shape index (κ1) is 13.6. The second-order valence-corrected chi connectivity index (χ2v) is 4.10. The molecule has 0 amide bonds. The van der Waals surface area contributed by atoms with Crippen molar-refractivity contribution in [2.75, 3.05) is 0 Å². The zero-order valence-electron chi connectivity index (χ0n) is 9.98. The Kier molecular flexibility index (Phi) is 4.23. The molecule has 0 aliphatic rings. The predicted molar refractivity (Wildman–Crippen MR) is 62.3 cm³/mol. The van der Waals surface area contributed by atoms with Crippen molar-refractivity contribution in [3.63, 3.8) is 0 Å². The SMILES string of the molecule is CCC(c1ccc(F)cc1)C(O)(CC)C(=O)O. The molecular formula is C13H17FO3. The molecule has 0 aliphatic heterocycles. The third kappa shape index (κ3) is 2.64. The second kappa shape index (κ2) is 5.27. The van der Waals surface area contributed by atoms with E-state index in [1.54, 1.807) is 13.8 Å². The molecule has 1 rings (SSSR count). The highest BCUT2D eigenvalue weighted by atomic mass is 19.1. The highest BCUT2D eigenvalue weighted by Crippen LogP contribution is 2.34. The Morgan fingerprint density at radius 2 is 1.88 bits per heavy atom. The summed E-state index contributed by atoms with van der Waals surface area (Å²) in [6.45, 7) is 3.43. The molecule has 1 aromatic carbocycles. The summed E-state index contributed by atoms with van der Waals surface area (Å²) >= 11 is 0. The Morgan fingerprint density at radius 3 is 2.24 bits per heavy atom. The molecule has 2 N–H and O–H groups in total. The molecule has 4 heteroatoms. The van der Waals surface area contributed by atoms with Crippen LogP contribution < -0.4 is 0 Å². The van der Waals surface area contributed by atoms with Gasteiger partial charge in [-0.2, -0.15) is 0 Å². The van der Waals surface area contributed by atoms with Gasteiger partial charge in [-0.3, -0.25) is 0 Å². The smallest absolute Gasteiger partial charge is 0.336 e. The first-order valence-electron chi connectivity index (χ1n) is 5.67. The van der Waals surface area contributed by atoms with Gasteiger partial charge in [0.15, 0.2) is 5.60 Å². The van der Waals surface area contributed by atoms with E-state index in [0.29, 0.717) is 12.0 Å². The van der Waals surface area contributed by atoms with E-state index in [9.17, 15) is 14.3 Å². The number of aliphatic hydroxyl groups is 1. The molecule has 0 heterocycles. The van der Waals surface area contributed by atoms with E-state index < -0.39 is 17.5 Å². The summed E-state index contributed by atoms with van der Waals surface area (Å²) in [5, 5.41) is 19.3. The molecular weight excluding hydrogens is 223 g/mol. The maximum atomic E-state index is 12.8. The fraction of sp³-hybridized carbons (Fsp3) is 0.462. The summed E-state index contributed by atoms with van der Waals surface area (Å²) in [6, 6.07) is 5.59. The zero-order valence-corrected chi connectivity index (χ0v) is 9.98. The number of rotatable bonds is 5. The van der Waals surface area contributed by atoms with Crippen molar-refractivity contribution in [2.24, 2.45) is 0 Å². The number of aliphatic carboxylic acids is 1. The fourth-order valence-corrected chi connectivity index (χ4v) is 2.09. The van der Waals surface area contributed by atoms with Gasteiger partial charge in [-0.25, -0.2) is 9.18 Å². The van der Waals surface area contributed by atoms with Crippen molar-refractivity contribution in [1.82, 2.24) is 0 Å². The summed E-state index contributed by atoms with van der Waals surface area (Å²) in [5.41, 5.74) is -1.16. The van der Waals surface area contributed by atoms with Crippen LogP contribution in [0.15, 0.2) is 24.3 Å². The number of hydrogen-bond donors (Lipinski definition) is 2. The normalized spacial score (nSPS) is 16.2. The Morgan fingerprint density at radius 1 is 1.35 bits per heavy atom. The maximum absolute atomic E-state index is 12.8. The van der Waals surface area contributed by atoms with E-state index >= 15 is 0 Å². The van der Waals surface area contributed by atoms with Gasteiger partial charge in [0, 0.05) is 5.92 Å². The Labute approximate surface area is 99.9 Å². The van der Waals surface area contributed by atoms with Crippen molar-refractivity contribution in [3.8, 4) is 0 Å². The second-order valence-electron chi connectivity index (χ2n) is 4.10. The van der Waals surface area contributed by atoms with Gasteiger partial charge in [0.1, 0.15) is 5.82 Å². The van der Waals surface area contributed by atoms with Gasteiger partial charge in [-0.15, -0.1) is 0 Å². The number of halogens is 1. The minimum Gasteiger partial charge on any atom is -0.479 e. The molecule has 0 radical (unpaired) electrons. The number of benzene rings is 1. The van der Waals surface area contributed by atoms with Crippen molar-refractivity contribution in [3.05, 3.63) is 35.6 Å². The first-order valence-corrected chi connectivity index (χ1v) is 5.67. The van der Waals surface area contributed by atoms with Crippen molar-refractivity contribution < 1.29 is 19.4 Å². The molecule has 0 saturated carbocycles. The molecule has 2 unspecified atom stereocenters. The summed E-state index contributed by atoms with van der Waals surface area (Å²) in [5.74, 6) is -2.15. The minimum atomic E-state index is -1.80. The molecule has 17 heavy (non-hydrogen) atoms. The van der Waals surface area contributed by atoms with Crippen molar-refractivity contribution in [1.29, 1.82) is 0 Å². The predicted octanol–water partition coefficient (Wildman–Crippen LogP) is 2.54. The molecule has 0 bridgehead atoms. The average molecular weight is 240 g/mol. The molecule has 0 aliphatic carbocycles. The lowest BCUT2D eigenvalue weighted by Gasteiger charge is -2.31. The van der Waals surface area contributed by atoms with Crippen LogP contribution in [0.2, 0.25) is 0 Å². The summed E-state index contributed by atoms with van der Waals surface area (Å²) < 4.78 is 12.8. The molecule has 94 valence electrons. The molecule has 2 atom stereocenters. The van der Waals surface area contributed by atoms with Crippen LogP contribution in [0.25, 0.3) is 0 Å². The van der Waals surface area contributed by atoms with Crippen LogP contribution in [-0.2, 0) is 4.79 Å². The van der Waals surface area contributed by atoms with Crippen LogP contribution in [-0.4, -0.2) is 21.8 Å². The molecule has 0 aromatic heterocycles. The van der Waals surface area contributed by atoms with Gasteiger partial charge in [-0.1, -0.05) is 26.0 Å². The van der Waals surface area contributed by atoms with E-state index in [1.165, 1.54) is 24.3 Å². The lowest BCUT2D eigenvalue weighted by molar-refractivity contribution is -0.161. The van der Waals surface area contributed by atoms with Crippen LogP contribution in [0.1, 0.15) is 38.2 Å². The van der Waals surface area contributed by atoms with E-state index in [1.807, 2.05) is 0 Å². The molecule has 1 aromatic rings. The summed E-state index contributed by atoms with van der Waals surface area (Å²) in [4.78, 5) is 11.2. The average Bonchev–Trinajstić information content (AvgIpc) is 2.31. The number of carboxylic acids is 1. The fourth-order valence-electron chi connectivity index (χ4n) is 2.09. The van der Waals surface area contributed by atoms with Gasteiger partial charge in [-0.05, 0) is 30.5 Å². The standard InChI is InChI=1S/C13H17FO3/c1-3-11(13(17,4-2)12(15)16)9-5-7-10(14)8-6-9/h5-8,11,17H,3-4H2,1-2H3,(H,15,16). The molecule has 3 nitrogen and oxygen atoms in total. The van der Waals surface area contributed by atoms with Crippen LogP contribution in [0.3, 0.4) is 0 Å². The first-order chi connectivity index (χ1) is 7.95. The Bertz CT molecular complexity index is 388. The van der Waals surface area contributed by atoms with Gasteiger partial charge >= 0.3 is 5.97 Å². The highest BCUT2D eigenvalue weighted by molar-refractivity contribution is 5.78. The summed E-state index contributed by atoms with van der Waals surface area (Å²) in [6.07, 6.45) is 0.584. The Balaban J connectivity index is 3.14. The highest BCUT2D eigenvalue weighted by Gasteiger charge is 2.42. The molecule has 0 saturated heterocycles. The lowest BCUT2D eigenvalue weighted by atomic mass is 9.78. The third-order valence-corrected chi connectivity index (χ3v) is 3.17. The Hall–Kier alpha value is -1.42. The van der Waals surface area contributed by atoms with Crippen LogP contribution in [0, 0.1) is 5.82 Å². The number of hydrogen-bond acceptors (Lipinski definition) is 2. The largest absolute Gasteiger partial charge is 0.479 e. The maximum Gasteiger partial charge on any atom is 0.336 e. The third-order valence-electron chi connectivity index (χ3n) is 3.17. The monoisotopic (exact) mass is 240 g/mol. The lowest BCUT2D eigenvalue weighted by Crippen LogP contribution is -2.43. The van der Waals surface area contributed by atoms with E-state index in [0.717, 1.165) is 0 Å². The van der Waals surface area contributed by atoms with Crippen LogP contribution in [0.4, 0.5) is 4.39 Å². The van der Waals surface area contributed by atoms with Crippen molar-refractivity contribution >= 4 is 5.97 Å². The van der Waals surface area contributed by atoms with Crippen LogP contribution >= 0.6 is 0 Å². The topological polar surface area (TPSA) is 57.5 Å². The quantitative estimate of drug-likeness (QED) is 0.831. The zero-order chi connectivity index (χ0) is 13.1. The number of carbonyl (C=O) groups is 1. The van der Waals surface area contributed by atoms with Crippen LogP contribution in [0.5, 0.6) is 0 Å². The van der Waals surface area contributed by atoms with E-state index in [4.69, 9.17) is 5.11 Å². The molecule has 0 spiro atoms. The van der Waals surface area contributed by atoms with Gasteiger partial charge in [0.25, 0.3) is 0 Å². The molecule has 0 fully saturated rings. The summed E-state index contributed by atoms with van der Waals surface area (Å²) in [7, 11) is 0. The van der Waals surface area contributed by atoms with Gasteiger partial charge in [0.05, 0.1) is 0 Å².